The van der Waals surface area contributed by atoms with E-state index in [1.54, 1.807) is 6.07 Å². The van der Waals surface area contributed by atoms with Crippen LogP contribution >= 0.6 is 0 Å². The van der Waals surface area contributed by atoms with Crippen molar-refractivity contribution in [1.29, 1.82) is 0 Å². The summed E-state index contributed by atoms with van der Waals surface area (Å²) >= 11 is 0. The fraction of sp³-hybridized carbons (Fsp3) is 0.571. The van der Waals surface area contributed by atoms with Crippen molar-refractivity contribution in [2.24, 2.45) is 11.8 Å². The third-order valence-electron chi connectivity index (χ3n) is 3.68. The smallest absolute Gasteiger partial charge is 0.270 e. The van der Waals surface area contributed by atoms with Crippen molar-refractivity contribution in [3.63, 3.8) is 0 Å². The lowest BCUT2D eigenvalue weighted by Crippen LogP contribution is -2.38. The van der Waals surface area contributed by atoms with Gasteiger partial charge >= 0.3 is 0 Å². The molecule has 1 N–H and O–H groups in total. The molecule has 3 rings (SSSR count). The van der Waals surface area contributed by atoms with Gasteiger partial charge in [0, 0.05) is 11.7 Å². The molecule has 0 bridgehead atoms. The molecule has 0 saturated heterocycles. The van der Waals surface area contributed by atoms with Gasteiger partial charge in [-0.2, -0.15) is 0 Å². The number of aryl methyl sites for hydroxylation is 1. The molecule has 2 aliphatic rings. The summed E-state index contributed by atoms with van der Waals surface area (Å²) in [6.07, 6.45) is 5.12. The number of amides is 1. The molecule has 90 valence electrons. The molecule has 0 spiro atoms. The monoisotopic (exact) mass is 230 g/mol. The van der Waals surface area contributed by atoms with E-state index in [9.17, 15) is 4.79 Å². The Balaban J connectivity index is 1.69. The highest BCUT2D eigenvalue weighted by Gasteiger charge is 2.42. The second kappa shape index (κ2) is 4.13. The molecule has 3 nitrogen and oxygen atoms in total. The molecule has 2 aliphatic carbocycles. The predicted molar refractivity (Wildman–Crippen MR) is 65.7 cm³/mol. The minimum atomic E-state index is -0.00231. The lowest BCUT2D eigenvalue weighted by molar-refractivity contribution is 0.0921. The largest absolute Gasteiger partial charge is 0.347 e. The summed E-state index contributed by atoms with van der Waals surface area (Å²) in [5.41, 5.74) is 1.45. The summed E-state index contributed by atoms with van der Waals surface area (Å²) in [5.74, 6) is 1.46. The standard InChI is InChI=1S/C14H18N2O/c1-9-3-2-4-12(15-9)14(17)16-13(10-5-6-10)11-7-8-11/h2-4,10-11,13H,5-8H2,1H3,(H,16,17). The van der Waals surface area contributed by atoms with Gasteiger partial charge in [0.2, 0.25) is 0 Å². The Morgan fingerprint density at radius 3 is 2.47 bits per heavy atom. The minimum Gasteiger partial charge on any atom is -0.347 e. The summed E-state index contributed by atoms with van der Waals surface area (Å²) in [5, 5.41) is 3.18. The zero-order valence-electron chi connectivity index (χ0n) is 10.1. The molecule has 0 aromatic carbocycles. The van der Waals surface area contributed by atoms with Crippen molar-refractivity contribution in [2.75, 3.05) is 0 Å². The highest BCUT2D eigenvalue weighted by Crippen LogP contribution is 2.44. The van der Waals surface area contributed by atoms with Gasteiger partial charge in [-0.1, -0.05) is 6.07 Å². The third-order valence-corrected chi connectivity index (χ3v) is 3.68. The number of hydrogen-bond acceptors (Lipinski definition) is 2. The number of carbonyl (C=O) groups excluding carboxylic acids is 1. The Bertz CT molecular complexity index is 424. The van der Waals surface area contributed by atoms with Crippen LogP contribution < -0.4 is 5.32 Å². The van der Waals surface area contributed by atoms with E-state index in [0.29, 0.717) is 11.7 Å². The number of pyridine rings is 1. The maximum Gasteiger partial charge on any atom is 0.270 e. The van der Waals surface area contributed by atoms with E-state index < -0.39 is 0 Å². The second-order valence-electron chi connectivity index (χ2n) is 5.34. The lowest BCUT2D eigenvalue weighted by atomic mass is 10.1. The fourth-order valence-corrected chi connectivity index (χ4v) is 2.43. The normalized spacial score (nSPS) is 19.4. The van der Waals surface area contributed by atoms with Crippen molar-refractivity contribution < 1.29 is 4.79 Å². The molecule has 1 aromatic heterocycles. The van der Waals surface area contributed by atoms with Crippen molar-refractivity contribution in [3.8, 4) is 0 Å². The molecule has 1 aromatic rings. The van der Waals surface area contributed by atoms with E-state index in [0.717, 1.165) is 17.5 Å². The van der Waals surface area contributed by atoms with Gasteiger partial charge in [0.25, 0.3) is 5.91 Å². The maximum atomic E-state index is 12.1. The highest BCUT2D eigenvalue weighted by atomic mass is 16.1. The van der Waals surface area contributed by atoms with Crippen LogP contribution in [0.25, 0.3) is 0 Å². The molecule has 1 heterocycles. The van der Waals surface area contributed by atoms with Gasteiger partial charge in [-0.3, -0.25) is 4.79 Å². The Labute approximate surface area is 102 Å². The first-order chi connectivity index (χ1) is 8.24. The topological polar surface area (TPSA) is 42.0 Å². The molecule has 0 atom stereocenters. The van der Waals surface area contributed by atoms with Crippen molar-refractivity contribution >= 4 is 5.91 Å². The summed E-state index contributed by atoms with van der Waals surface area (Å²) in [4.78, 5) is 16.4. The average molecular weight is 230 g/mol. The highest BCUT2D eigenvalue weighted by molar-refractivity contribution is 5.92. The zero-order valence-corrected chi connectivity index (χ0v) is 10.1. The summed E-state index contributed by atoms with van der Waals surface area (Å²) in [6.45, 7) is 1.91. The van der Waals surface area contributed by atoms with E-state index in [4.69, 9.17) is 0 Å². The van der Waals surface area contributed by atoms with Crippen LogP contribution in [0.4, 0.5) is 0 Å². The van der Waals surface area contributed by atoms with Crippen molar-refractivity contribution in [1.82, 2.24) is 10.3 Å². The van der Waals surface area contributed by atoms with Crippen LogP contribution in [0.1, 0.15) is 41.9 Å². The Morgan fingerprint density at radius 1 is 1.29 bits per heavy atom. The molecular formula is C14H18N2O. The zero-order chi connectivity index (χ0) is 11.8. The summed E-state index contributed by atoms with van der Waals surface area (Å²) in [6, 6.07) is 6.00. The predicted octanol–water partition coefficient (Wildman–Crippen LogP) is 2.31. The first kappa shape index (κ1) is 10.8. The molecule has 3 heteroatoms. The minimum absolute atomic E-state index is 0.00231. The molecule has 2 fully saturated rings. The van der Waals surface area contributed by atoms with Gasteiger partial charge in [0.1, 0.15) is 5.69 Å². The van der Waals surface area contributed by atoms with Crippen LogP contribution in [0.15, 0.2) is 18.2 Å². The number of nitrogens with zero attached hydrogens (tertiary/aromatic N) is 1. The first-order valence-electron chi connectivity index (χ1n) is 6.48. The van der Waals surface area contributed by atoms with Crippen LogP contribution in [-0.2, 0) is 0 Å². The van der Waals surface area contributed by atoms with Crippen LogP contribution in [0, 0.1) is 18.8 Å². The van der Waals surface area contributed by atoms with Gasteiger partial charge in [-0.15, -0.1) is 0 Å². The number of nitrogens with one attached hydrogen (secondary N) is 1. The average Bonchev–Trinajstić information content (AvgIpc) is 3.16. The first-order valence-corrected chi connectivity index (χ1v) is 6.48. The molecule has 2 saturated carbocycles. The van der Waals surface area contributed by atoms with Crippen LogP contribution in [-0.4, -0.2) is 16.9 Å². The Morgan fingerprint density at radius 2 is 1.94 bits per heavy atom. The van der Waals surface area contributed by atoms with Gasteiger partial charge in [-0.05, 0) is 56.6 Å². The lowest BCUT2D eigenvalue weighted by Gasteiger charge is -2.17. The van der Waals surface area contributed by atoms with Crippen molar-refractivity contribution in [3.05, 3.63) is 29.6 Å². The Kier molecular flexibility index (Phi) is 2.61. The quantitative estimate of drug-likeness (QED) is 0.862. The number of hydrogen-bond donors (Lipinski definition) is 1. The van der Waals surface area contributed by atoms with Gasteiger partial charge in [0.05, 0.1) is 0 Å². The molecular weight excluding hydrogens is 212 g/mol. The number of aromatic nitrogens is 1. The third kappa shape index (κ3) is 2.48. The molecule has 0 aliphatic heterocycles. The molecule has 17 heavy (non-hydrogen) atoms. The number of carbonyl (C=O) groups is 1. The van der Waals surface area contributed by atoms with Gasteiger partial charge in [0.15, 0.2) is 0 Å². The van der Waals surface area contributed by atoms with E-state index >= 15 is 0 Å². The molecule has 0 unspecified atom stereocenters. The Hall–Kier alpha value is -1.38. The van der Waals surface area contributed by atoms with Crippen molar-refractivity contribution in [2.45, 2.75) is 38.6 Å². The van der Waals surface area contributed by atoms with E-state index in [1.165, 1.54) is 25.7 Å². The van der Waals surface area contributed by atoms with Crippen LogP contribution in [0.5, 0.6) is 0 Å². The van der Waals surface area contributed by atoms with Gasteiger partial charge < -0.3 is 5.32 Å². The summed E-state index contributed by atoms with van der Waals surface area (Å²) in [7, 11) is 0. The van der Waals surface area contributed by atoms with E-state index in [-0.39, 0.29) is 5.91 Å². The number of rotatable bonds is 4. The second-order valence-corrected chi connectivity index (χ2v) is 5.34. The fourth-order valence-electron chi connectivity index (χ4n) is 2.43. The van der Waals surface area contributed by atoms with Gasteiger partial charge in [-0.25, -0.2) is 4.98 Å². The summed E-state index contributed by atoms with van der Waals surface area (Å²) < 4.78 is 0. The molecule has 0 radical (unpaired) electrons. The van der Waals surface area contributed by atoms with Crippen LogP contribution in [0.2, 0.25) is 0 Å². The molecule has 1 amide bonds. The van der Waals surface area contributed by atoms with E-state index in [2.05, 4.69) is 10.3 Å². The van der Waals surface area contributed by atoms with Crippen LogP contribution in [0.3, 0.4) is 0 Å². The van der Waals surface area contributed by atoms with E-state index in [1.807, 2.05) is 19.1 Å². The SMILES string of the molecule is Cc1cccc(C(=O)NC(C2CC2)C2CC2)n1. The maximum absolute atomic E-state index is 12.1.